The van der Waals surface area contributed by atoms with Crippen molar-refractivity contribution in [2.45, 2.75) is 25.9 Å². The number of rotatable bonds is 4. The molecule has 0 radical (unpaired) electrons. The van der Waals surface area contributed by atoms with E-state index in [1.807, 2.05) is 36.1 Å². The molecular weight excluding hydrogens is 262 g/mol. The van der Waals surface area contributed by atoms with E-state index in [-0.39, 0.29) is 0 Å². The van der Waals surface area contributed by atoms with Gasteiger partial charge in [0.2, 0.25) is 0 Å². The summed E-state index contributed by atoms with van der Waals surface area (Å²) in [5, 5.41) is 4.20. The molecule has 0 amide bonds. The Hall–Kier alpha value is -1.88. The molecule has 0 aliphatic rings. The molecule has 0 aromatic carbocycles. The van der Waals surface area contributed by atoms with Crippen LogP contribution in [0.25, 0.3) is 11.2 Å². The summed E-state index contributed by atoms with van der Waals surface area (Å²) in [7, 11) is 0. The highest BCUT2D eigenvalue weighted by atomic mass is 35.5. The first kappa shape index (κ1) is 12.2. The zero-order valence-electron chi connectivity index (χ0n) is 10.6. The van der Waals surface area contributed by atoms with Crippen LogP contribution >= 0.6 is 11.6 Å². The van der Waals surface area contributed by atoms with Crippen molar-refractivity contribution < 1.29 is 0 Å². The molecule has 0 aliphatic heterocycles. The number of fused-ring (bicyclic) bond motifs is 1. The zero-order chi connectivity index (χ0) is 13.2. The summed E-state index contributed by atoms with van der Waals surface area (Å²) in [6.07, 6.45) is 5.52. The number of aryl methyl sites for hydroxylation is 3. The van der Waals surface area contributed by atoms with E-state index in [0.29, 0.717) is 5.88 Å². The molecule has 98 valence electrons. The molecule has 6 heteroatoms. The van der Waals surface area contributed by atoms with Gasteiger partial charge in [-0.2, -0.15) is 5.10 Å². The standard InChI is InChI=1S/C13H14ClN5/c1-10-3-5-15-13-12(10)17-11(9-14)19(13)8-7-18-6-2-4-16-18/h2-6H,7-9H2,1H3. The SMILES string of the molecule is Cc1ccnc2c1nc(CCl)n2CCn1cccn1. The summed E-state index contributed by atoms with van der Waals surface area (Å²) in [5.41, 5.74) is 2.94. The van der Waals surface area contributed by atoms with Gasteiger partial charge < -0.3 is 4.57 Å². The molecule has 3 aromatic heterocycles. The van der Waals surface area contributed by atoms with Crippen LogP contribution in [0.3, 0.4) is 0 Å². The summed E-state index contributed by atoms with van der Waals surface area (Å²) in [4.78, 5) is 8.99. The normalized spacial score (nSPS) is 11.3. The second kappa shape index (κ2) is 5.01. The summed E-state index contributed by atoms with van der Waals surface area (Å²) < 4.78 is 3.96. The maximum atomic E-state index is 5.98. The summed E-state index contributed by atoms with van der Waals surface area (Å²) in [5.74, 6) is 1.24. The van der Waals surface area contributed by atoms with Gasteiger partial charge in [-0.3, -0.25) is 4.68 Å². The van der Waals surface area contributed by atoms with Gasteiger partial charge in [0.05, 0.1) is 12.4 Å². The number of hydrogen-bond acceptors (Lipinski definition) is 3. The van der Waals surface area contributed by atoms with Gasteiger partial charge in [0.15, 0.2) is 5.65 Å². The van der Waals surface area contributed by atoms with E-state index in [0.717, 1.165) is 35.6 Å². The lowest BCUT2D eigenvalue weighted by molar-refractivity contribution is 0.531. The Kier molecular flexibility index (Phi) is 3.21. The molecule has 3 rings (SSSR count). The van der Waals surface area contributed by atoms with E-state index in [1.54, 1.807) is 6.20 Å². The van der Waals surface area contributed by atoms with Crippen molar-refractivity contribution in [2.24, 2.45) is 0 Å². The quantitative estimate of drug-likeness (QED) is 0.687. The van der Waals surface area contributed by atoms with E-state index < -0.39 is 0 Å². The lowest BCUT2D eigenvalue weighted by Crippen LogP contribution is -2.10. The average molecular weight is 276 g/mol. The maximum absolute atomic E-state index is 5.98. The third kappa shape index (κ3) is 2.21. The van der Waals surface area contributed by atoms with Gasteiger partial charge in [0, 0.05) is 25.1 Å². The van der Waals surface area contributed by atoms with Gasteiger partial charge in [0.25, 0.3) is 0 Å². The van der Waals surface area contributed by atoms with Crippen LogP contribution in [0.15, 0.2) is 30.7 Å². The monoisotopic (exact) mass is 275 g/mol. The Morgan fingerprint density at radius 2 is 2.16 bits per heavy atom. The Bertz CT molecular complexity index is 686. The van der Waals surface area contributed by atoms with Crippen LogP contribution in [0.5, 0.6) is 0 Å². The number of aromatic nitrogens is 5. The maximum Gasteiger partial charge on any atom is 0.160 e. The second-order valence-corrected chi connectivity index (χ2v) is 4.65. The molecule has 3 aromatic rings. The number of imidazole rings is 1. The second-order valence-electron chi connectivity index (χ2n) is 4.38. The van der Waals surface area contributed by atoms with E-state index in [4.69, 9.17) is 11.6 Å². The van der Waals surface area contributed by atoms with Gasteiger partial charge in [0.1, 0.15) is 11.3 Å². The molecule has 0 N–H and O–H groups in total. The van der Waals surface area contributed by atoms with Crippen LogP contribution < -0.4 is 0 Å². The predicted molar refractivity (Wildman–Crippen MR) is 74.0 cm³/mol. The first-order valence-corrected chi connectivity index (χ1v) is 6.67. The van der Waals surface area contributed by atoms with Crippen molar-refractivity contribution in [1.29, 1.82) is 0 Å². The van der Waals surface area contributed by atoms with Crippen LogP contribution in [0.2, 0.25) is 0 Å². The van der Waals surface area contributed by atoms with Crippen molar-refractivity contribution in [3.63, 3.8) is 0 Å². The van der Waals surface area contributed by atoms with Gasteiger partial charge in [-0.15, -0.1) is 11.6 Å². The van der Waals surface area contributed by atoms with Crippen LogP contribution in [0.4, 0.5) is 0 Å². The van der Waals surface area contributed by atoms with Gasteiger partial charge in [-0.05, 0) is 24.6 Å². The minimum atomic E-state index is 0.384. The minimum absolute atomic E-state index is 0.384. The highest BCUT2D eigenvalue weighted by Crippen LogP contribution is 2.18. The third-order valence-corrected chi connectivity index (χ3v) is 3.39. The Morgan fingerprint density at radius 3 is 2.89 bits per heavy atom. The highest BCUT2D eigenvalue weighted by molar-refractivity contribution is 6.16. The van der Waals surface area contributed by atoms with Crippen molar-refractivity contribution in [2.75, 3.05) is 0 Å². The summed E-state index contributed by atoms with van der Waals surface area (Å²) in [6.45, 7) is 3.57. The number of hydrogen-bond donors (Lipinski definition) is 0. The summed E-state index contributed by atoms with van der Waals surface area (Å²) in [6, 6.07) is 3.88. The lowest BCUT2D eigenvalue weighted by Gasteiger charge is -2.07. The molecule has 0 bridgehead atoms. The lowest BCUT2D eigenvalue weighted by atomic mass is 10.3. The topological polar surface area (TPSA) is 48.5 Å². The number of pyridine rings is 1. The fourth-order valence-corrected chi connectivity index (χ4v) is 2.36. The van der Waals surface area contributed by atoms with E-state index >= 15 is 0 Å². The van der Waals surface area contributed by atoms with Crippen LogP contribution in [-0.4, -0.2) is 24.3 Å². The van der Waals surface area contributed by atoms with E-state index in [1.165, 1.54) is 0 Å². The molecule has 19 heavy (non-hydrogen) atoms. The molecule has 0 unspecified atom stereocenters. The van der Waals surface area contributed by atoms with Crippen molar-refractivity contribution in [3.05, 3.63) is 42.1 Å². The highest BCUT2D eigenvalue weighted by Gasteiger charge is 2.12. The van der Waals surface area contributed by atoms with E-state index in [9.17, 15) is 0 Å². The fourth-order valence-electron chi connectivity index (χ4n) is 2.16. The molecular formula is C13H14ClN5. The van der Waals surface area contributed by atoms with Gasteiger partial charge in [-0.1, -0.05) is 0 Å². The smallest absolute Gasteiger partial charge is 0.160 e. The van der Waals surface area contributed by atoms with E-state index in [2.05, 4.69) is 19.6 Å². The minimum Gasteiger partial charge on any atom is -0.310 e. The van der Waals surface area contributed by atoms with Crippen molar-refractivity contribution in [3.8, 4) is 0 Å². The summed E-state index contributed by atoms with van der Waals surface area (Å²) >= 11 is 5.98. The number of nitrogens with zero attached hydrogens (tertiary/aromatic N) is 5. The molecule has 3 heterocycles. The van der Waals surface area contributed by atoms with Crippen LogP contribution in [0.1, 0.15) is 11.4 Å². The first-order chi connectivity index (χ1) is 9.29. The molecule has 0 spiro atoms. The molecule has 0 aliphatic carbocycles. The zero-order valence-corrected chi connectivity index (χ0v) is 11.4. The fraction of sp³-hybridized carbons (Fsp3) is 0.308. The third-order valence-electron chi connectivity index (χ3n) is 3.15. The van der Waals surface area contributed by atoms with Crippen molar-refractivity contribution >= 4 is 22.8 Å². The van der Waals surface area contributed by atoms with Crippen LogP contribution in [-0.2, 0) is 19.0 Å². The first-order valence-electron chi connectivity index (χ1n) is 6.13. The van der Waals surface area contributed by atoms with Crippen molar-refractivity contribution in [1.82, 2.24) is 24.3 Å². The Labute approximate surface area is 115 Å². The Balaban J connectivity index is 1.99. The molecule has 0 saturated carbocycles. The predicted octanol–water partition coefficient (Wildman–Crippen LogP) is 2.38. The van der Waals surface area contributed by atoms with Crippen LogP contribution in [0, 0.1) is 6.92 Å². The largest absolute Gasteiger partial charge is 0.310 e. The number of halogens is 1. The number of alkyl halides is 1. The molecule has 5 nitrogen and oxygen atoms in total. The molecule has 0 fully saturated rings. The average Bonchev–Trinajstić information content (AvgIpc) is 3.03. The molecule has 0 atom stereocenters. The Morgan fingerprint density at radius 1 is 1.26 bits per heavy atom. The van der Waals surface area contributed by atoms with Gasteiger partial charge >= 0.3 is 0 Å². The molecule has 0 saturated heterocycles. The van der Waals surface area contributed by atoms with Gasteiger partial charge in [-0.25, -0.2) is 9.97 Å².